The van der Waals surface area contributed by atoms with E-state index < -0.39 is 0 Å². The summed E-state index contributed by atoms with van der Waals surface area (Å²) in [4.78, 5) is 8.82. The molecule has 0 atom stereocenters. The van der Waals surface area contributed by atoms with Gasteiger partial charge in [-0.2, -0.15) is 0 Å². The van der Waals surface area contributed by atoms with Crippen molar-refractivity contribution in [1.82, 2.24) is 9.97 Å². The summed E-state index contributed by atoms with van der Waals surface area (Å²) in [6.45, 7) is 2.32. The Hall–Kier alpha value is -3.55. The molecule has 0 radical (unpaired) electrons. The van der Waals surface area contributed by atoms with Crippen molar-refractivity contribution in [3.05, 3.63) is 59.7 Å². The summed E-state index contributed by atoms with van der Waals surface area (Å²) < 4.78 is 29.2. The Morgan fingerprint density at radius 1 is 0.862 bits per heavy atom. The Bertz CT molecular complexity index is 955. The molecule has 0 saturated carbocycles. The maximum atomic E-state index is 13.0. The van der Waals surface area contributed by atoms with E-state index in [2.05, 4.69) is 20.6 Å². The van der Waals surface area contributed by atoms with Crippen molar-refractivity contribution < 1.29 is 18.6 Å². The maximum Gasteiger partial charge on any atom is 0.203 e. The highest BCUT2D eigenvalue weighted by Crippen LogP contribution is 2.40. The Balaban J connectivity index is 1.80. The van der Waals surface area contributed by atoms with Gasteiger partial charge in [-0.1, -0.05) is 12.1 Å². The summed E-state index contributed by atoms with van der Waals surface area (Å²) in [7, 11) is 4.68. The van der Waals surface area contributed by atoms with Crippen LogP contribution in [0.5, 0.6) is 17.2 Å². The Morgan fingerprint density at radius 2 is 1.48 bits per heavy atom. The minimum Gasteiger partial charge on any atom is -0.493 e. The van der Waals surface area contributed by atoms with Gasteiger partial charge in [0.15, 0.2) is 11.5 Å². The summed E-state index contributed by atoms with van der Waals surface area (Å²) in [5.74, 6) is 3.18. The number of nitrogens with one attached hydrogen (secondary N) is 2. The first-order chi connectivity index (χ1) is 14.0. The van der Waals surface area contributed by atoms with E-state index >= 15 is 0 Å². The fraction of sp³-hybridized carbons (Fsp3) is 0.238. The van der Waals surface area contributed by atoms with E-state index in [0.717, 1.165) is 11.3 Å². The standard InChI is InChI=1S/C21H23FN4O3/c1-13-24-19(23-12-14-5-7-15(22)8-6-14)11-20(25-13)26-16-9-17(27-2)21(29-4)18(10-16)28-3/h5-11H,12H2,1-4H3,(H2,23,24,25,26). The third-order valence-corrected chi connectivity index (χ3v) is 4.16. The predicted molar refractivity (Wildman–Crippen MR) is 110 cm³/mol. The van der Waals surface area contributed by atoms with Crippen LogP contribution in [0.15, 0.2) is 42.5 Å². The van der Waals surface area contributed by atoms with Gasteiger partial charge >= 0.3 is 0 Å². The SMILES string of the molecule is COc1cc(Nc2cc(NCc3ccc(F)cc3)nc(C)n2)cc(OC)c1OC. The third-order valence-electron chi connectivity index (χ3n) is 4.16. The number of hydrogen-bond acceptors (Lipinski definition) is 7. The van der Waals surface area contributed by atoms with E-state index in [0.29, 0.717) is 41.3 Å². The molecule has 3 rings (SSSR count). The first-order valence-corrected chi connectivity index (χ1v) is 8.93. The van der Waals surface area contributed by atoms with Crippen LogP contribution >= 0.6 is 0 Å². The first kappa shape index (κ1) is 20.2. The lowest BCUT2D eigenvalue weighted by Gasteiger charge is -2.15. The molecule has 0 aliphatic rings. The average Bonchev–Trinajstić information content (AvgIpc) is 2.72. The zero-order valence-electron chi connectivity index (χ0n) is 16.7. The molecule has 2 N–H and O–H groups in total. The second-order valence-corrected chi connectivity index (χ2v) is 6.20. The summed E-state index contributed by atoms with van der Waals surface area (Å²) in [6, 6.07) is 11.7. The maximum absolute atomic E-state index is 13.0. The van der Waals surface area contributed by atoms with E-state index in [4.69, 9.17) is 14.2 Å². The van der Waals surface area contributed by atoms with E-state index in [1.54, 1.807) is 51.7 Å². The van der Waals surface area contributed by atoms with Gasteiger partial charge in [0.1, 0.15) is 23.3 Å². The number of methoxy groups -OCH3 is 3. The lowest BCUT2D eigenvalue weighted by atomic mass is 10.2. The molecule has 0 bridgehead atoms. The predicted octanol–water partition coefficient (Wildman–Crippen LogP) is 4.31. The van der Waals surface area contributed by atoms with E-state index in [1.165, 1.54) is 12.1 Å². The third kappa shape index (κ3) is 5.04. The molecule has 2 aromatic carbocycles. The Morgan fingerprint density at radius 3 is 2.07 bits per heavy atom. The molecular weight excluding hydrogens is 375 g/mol. The highest BCUT2D eigenvalue weighted by molar-refractivity contribution is 5.67. The van der Waals surface area contributed by atoms with Crippen molar-refractivity contribution in [1.29, 1.82) is 0 Å². The van der Waals surface area contributed by atoms with E-state index in [-0.39, 0.29) is 5.82 Å². The zero-order valence-corrected chi connectivity index (χ0v) is 16.7. The van der Waals surface area contributed by atoms with Gasteiger partial charge in [-0.05, 0) is 24.6 Å². The van der Waals surface area contributed by atoms with Gasteiger partial charge in [-0.15, -0.1) is 0 Å². The van der Waals surface area contributed by atoms with Crippen LogP contribution in [0.25, 0.3) is 0 Å². The molecule has 0 amide bonds. The molecule has 0 aliphatic heterocycles. The fourth-order valence-corrected chi connectivity index (χ4v) is 2.82. The van der Waals surface area contributed by atoms with E-state index in [1.807, 2.05) is 6.92 Å². The number of aromatic nitrogens is 2. The quantitative estimate of drug-likeness (QED) is 0.586. The molecule has 1 aromatic heterocycles. The number of rotatable bonds is 8. The molecule has 3 aromatic rings. The highest BCUT2D eigenvalue weighted by Gasteiger charge is 2.14. The van der Waals surface area contributed by atoms with Crippen LogP contribution in [0.2, 0.25) is 0 Å². The van der Waals surface area contributed by atoms with Gasteiger partial charge in [0.2, 0.25) is 5.75 Å². The number of ether oxygens (including phenoxy) is 3. The normalized spacial score (nSPS) is 10.4. The molecule has 29 heavy (non-hydrogen) atoms. The number of nitrogens with zero attached hydrogens (tertiary/aromatic N) is 2. The molecule has 152 valence electrons. The molecule has 0 spiro atoms. The molecule has 8 heteroatoms. The highest BCUT2D eigenvalue weighted by atomic mass is 19.1. The van der Waals surface area contributed by atoms with Crippen molar-refractivity contribution in [3.8, 4) is 17.2 Å². The largest absolute Gasteiger partial charge is 0.493 e. The fourth-order valence-electron chi connectivity index (χ4n) is 2.82. The van der Waals surface area contributed by atoms with Crippen LogP contribution in [0.1, 0.15) is 11.4 Å². The molecule has 0 unspecified atom stereocenters. The minimum absolute atomic E-state index is 0.261. The van der Waals surface area contributed by atoms with Crippen LogP contribution in [0.3, 0.4) is 0 Å². The second kappa shape index (κ2) is 9.09. The van der Waals surface area contributed by atoms with Gasteiger partial charge < -0.3 is 24.8 Å². The van der Waals surface area contributed by atoms with Crippen molar-refractivity contribution in [2.45, 2.75) is 13.5 Å². The second-order valence-electron chi connectivity index (χ2n) is 6.20. The van der Waals surface area contributed by atoms with Gasteiger partial charge in [0, 0.05) is 30.4 Å². The van der Waals surface area contributed by atoms with Crippen molar-refractivity contribution in [2.75, 3.05) is 32.0 Å². The topological polar surface area (TPSA) is 77.5 Å². The van der Waals surface area contributed by atoms with Crippen LogP contribution in [-0.2, 0) is 6.54 Å². The van der Waals surface area contributed by atoms with E-state index in [9.17, 15) is 4.39 Å². The molecule has 0 saturated heterocycles. The molecule has 7 nitrogen and oxygen atoms in total. The summed E-state index contributed by atoms with van der Waals surface area (Å²) in [6.07, 6.45) is 0. The lowest BCUT2D eigenvalue weighted by molar-refractivity contribution is 0.324. The van der Waals surface area contributed by atoms with Gasteiger partial charge in [0.05, 0.1) is 21.3 Å². The van der Waals surface area contributed by atoms with Crippen LogP contribution in [-0.4, -0.2) is 31.3 Å². The average molecular weight is 398 g/mol. The van der Waals surface area contributed by atoms with Crippen molar-refractivity contribution >= 4 is 17.3 Å². The van der Waals surface area contributed by atoms with Crippen molar-refractivity contribution in [2.24, 2.45) is 0 Å². The number of benzene rings is 2. The lowest BCUT2D eigenvalue weighted by Crippen LogP contribution is -2.05. The molecule has 1 heterocycles. The minimum atomic E-state index is -0.261. The number of hydrogen-bond donors (Lipinski definition) is 2. The van der Waals surface area contributed by atoms with Crippen molar-refractivity contribution in [3.63, 3.8) is 0 Å². The summed E-state index contributed by atoms with van der Waals surface area (Å²) in [5, 5.41) is 6.46. The number of anilines is 3. The van der Waals surface area contributed by atoms with Gasteiger partial charge in [-0.3, -0.25) is 0 Å². The monoisotopic (exact) mass is 398 g/mol. The molecule has 0 fully saturated rings. The van der Waals surface area contributed by atoms with Crippen LogP contribution in [0, 0.1) is 12.7 Å². The number of aryl methyl sites for hydroxylation is 1. The Kier molecular flexibility index (Phi) is 6.33. The Labute approximate surface area is 168 Å². The zero-order chi connectivity index (χ0) is 20.8. The summed E-state index contributed by atoms with van der Waals surface area (Å²) >= 11 is 0. The smallest absolute Gasteiger partial charge is 0.203 e. The number of halogens is 1. The van der Waals surface area contributed by atoms with Gasteiger partial charge in [-0.25, -0.2) is 14.4 Å². The van der Waals surface area contributed by atoms with Gasteiger partial charge in [0.25, 0.3) is 0 Å². The van der Waals surface area contributed by atoms with Crippen LogP contribution in [0.4, 0.5) is 21.7 Å². The molecular formula is C21H23FN4O3. The molecule has 0 aliphatic carbocycles. The summed E-state index contributed by atoms with van der Waals surface area (Å²) in [5.41, 5.74) is 1.67. The van der Waals surface area contributed by atoms with Crippen LogP contribution < -0.4 is 24.8 Å². The first-order valence-electron chi connectivity index (χ1n) is 8.93.